The molecule has 178 valence electrons. The number of benzene rings is 2. The van der Waals surface area contributed by atoms with Gasteiger partial charge in [-0.05, 0) is 54.2 Å². The molecule has 1 amide bonds. The van der Waals surface area contributed by atoms with Crippen molar-refractivity contribution in [2.24, 2.45) is 5.73 Å². The molecule has 1 aliphatic carbocycles. The molecule has 0 aromatic heterocycles. The SMILES string of the molecule is CC(N)=O.CCC.COc1cc2c(c(OC)c1OC)-c1ccc(OP(O)O)cc1CCC2. The quantitative estimate of drug-likeness (QED) is 0.559. The highest BCUT2D eigenvalue weighted by atomic mass is 31.2. The van der Waals surface area contributed by atoms with Gasteiger partial charge in [-0.15, -0.1) is 0 Å². The van der Waals surface area contributed by atoms with Crippen molar-refractivity contribution in [1.82, 2.24) is 0 Å². The van der Waals surface area contributed by atoms with Gasteiger partial charge in [-0.2, -0.15) is 0 Å². The lowest BCUT2D eigenvalue weighted by Crippen LogP contribution is -2.01. The van der Waals surface area contributed by atoms with Crippen LogP contribution in [-0.2, 0) is 17.6 Å². The second-order valence-electron chi connectivity index (χ2n) is 7.01. The van der Waals surface area contributed by atoms with Gasteiger partial charge < -0.3 is 34.3 Å². The van der Waals surface area contributed by atoms with Gasteiger partial charge in [0.2, 0.25) is 11.7 Å². The van der Waals surface area contributed by atoms with E-state index in [1.54, 1.807) is 27.4 Å². The largest absolute Gasteiger partial charge is 0.493 e. The summed E-state index contributed by atoms with van der Waals surface area (Å²) in [5.74, 6) is 1.96. The smallest absolute Gasteiger partial charge is 0.391 e. The van der Waals surface area contributed by atoms with Crippen molar-refractivity contribution in [1.29, 1.82) is 0 Å². The van der Waals surface area contributed by atoms with Crippen LogP contribution in [0.3, 0.4) is 0 Å². The Labute approximate surface area is 191 Å². The summed E-state index contributed by atoms with van der Waals surface area (Å²) < 4.78 is 21.7. The summed E-state index contributed by atoms with van der Waals surface area (Å²) >= 11 is 0. The van der Waals surface area contributed by atoms with Crippen LogP contribution in [0.4, 0.5) is 0 Å². The van der Waals surface area contributed by atoms with Crippen molar-refractivity contribution in [2.45, 2.75) is 46.5 Å². The maximum absolute atomic E-state index is 9.22. The Balaban J connectivity index is 0.000000645. The van der Waals surface area contributed by atoms with E-state index in [-0.39, 0.29) is 5.91 Å². The third-order valence-electron chi connectivity index (χ3n) is 4.34. The van der Waals surface area contributed by atoms with Gasteiger partial charge in [0, 0.05) is 12.5 Å². The lowest BCUT2D eigenvalue weighted by atomic mass is 9.94. The fraction of sp³-hybridized carbons (Fsp3) is 0.435. The van der Waals surface area contributed by atoms with Crippen LogP contribution >= 0.6 is 8.60 Å². The minimum absolute atomic E-state index is 0.333. The van der Waals surface area contributed by atoms with Gasteiger partial charge in [0.1, 0.15) is 5.75 Å². The van der Waals surface area contributed by atoms with Crippen molar-refractivity contribution in [3.63, 3.8) is 0 Å². The standard InChI is InChI=1S/C18H21O6P.C3H8.C2H5NO/c1-21-15-10-12-6-4-5-11-9-13(24-25(19)20)7-8-14(11)16(12)18(23-3)17(15)22-2;1-3-2;1-2(3)4/h7-10,19-20H,4-6H2,1-3H3;3H2,1-2H3;1H3,(H2,3,4). The van der Waals surface area contributed by atoms with Gasteiger partial charge in [-0.1, -0.05) is 26.3 Å². The zero-order chi connectivity index (χ0) is 24.3. The Morgan fingerprint density at radius 3 is 2.06 bits per heavy atom. The summed E-state index contributed by atoms with van der Waals surface area (Å²) in [6.07, 6.45) is 3.93. The van der Waals surface area contributed by atoms with Gasteiger partial charge in [0.15, 0.2) is 11.5 Å². The van der Waals surface area contributed by atoms with E-state index in [4.69, 9.17) is 28.5 Å². The molecule has 9 heteroatoms. The predicted molar refractivity (Wildman–Crippen MR) is 126 cm³/mol. The number of carbonyl (C=O) groups excluding carboxylic acids is 1. The highest BCUT2D eigenvalue weighted by Crippen LogP contribution is 2.49. The monoisotopic (exact) mass is 467 g/mol. The average molecular weight is 467 g/mol. The van der Waals surface area contributed by atoms with E-state index in [1.807, 2.05) is 18.2 Å². The summed E-state index contributed by atoms with van der Waals surface area (Å²) in [6.45, 7) is 5.56. The molecule has 2 aromatic carbocycles. The molecule has 4 N–H and O–H groups in total. The third-order valence-corrected chi connectivity index (χ3v) is 4.71. The van der Waals surface area contributed by atoms with E-state index >= 15 is 0 Å². The second-order valence-corrected chi connectivity index (χ2v) is 7.70. The predicted octanol–water partition coefficient (Wildman–Crippen LogP) is 4.37. The number of aryl methyl sites for hydroxylation is 2. The second kappa shape index (κ2) is 13.8. The number of fused-ring (bicyclic) bond motifs is 3. The molecule has 8 nitrogen and oxygen atoms in total. The number of hydrogen-bond donors (Lipinski definition) is 3. The Morgan fingerprint density at radius 1 is 1.00 bits per heavy atom. The van der Waals surface area contributed by atoms with Crippen molar-refractivity contribution in [3.05, 3.63) is 35.4 Å². The van der Waals surface area contributed by atoms with Gasteiger partial charge in [-0.25, -0.2) is 0 Å². The Kier molecular flexibility index (Phi) is 11.8. The van der Waals surface area contributed by atoms with Crippen molar-refractivity contribution < 1.29 is 33.3 Å². The number of ether oxygens (including phenoxy) is 3. The average Bonchev–Trinajstić information content (AvgIpc) is 2.90. The van der Waals surface area contributed by atoms with Crippen LogP contribution in [0.2, 0.25) is 0 Å². The topological polar surface area (TPSA) is 120 Å². The van der Waals surface area contributed by atoms with Crippen LogP contribution in [0, 0.1) is 0 Å². The van der Waals surface area contributed by atoms with Gasteiger partial charge in [0.25, 0.3) is 0 Å². The molecule has 0 radical (unpaired) electrons. The summed E-state index contributed by atoms with van der Waals surface area (Å²) in [5.41, 5.74) is 8.68. The maximum Gasteiger partial charge on any atom is 0.391 e. The fourth-order valence-electron chi connectivity index (χ4n) is 3.34. The molecule has 0 saturated heterocycles. The van der Waals surface area contributed by atoms with Crippen LogP contribution in [0.5, 0.6) is 23.0 Å². The molecule has 0 bridgehead atoms. The molecular formula is C23H34NO7P. The first-order chi connectivity index (χ1) is 15.2. The highest BCUT2D eigenvalue weighted by Gasteiger charge is 2.25. The minimum atomic E-state index is -2.43. The highest BCUT2D eigenvalue weighted by molar-refractivity contribution is 7.39. The number of carbonyl (C=O) groups is 1. The van der Waals surface area contributed by atoms with Crippen LogP contribution in [0.1, 0.15) is 44.7 Å². The number of nitrogens with two attached hydrogens (primary N) is 1. The molecule has 2 aromatic rings. The molecule has 0 aliphatic heterocycles. The zero-order valence-electron chi connectivity index (χ0n) is 19.6. The number of methoxy groups -OCH3 is 3. The van der Waals surface area contributed by atoms with Gasteiger partial charge >= 0.3 is 8.60 Å². The lowest BCUT2D eigenvalue weighted by molar-refractivity contribution is -0.115. The number of hydrogen-bond acceptors (Lipinski definition) is 7. The van der Waals surface area contributed by atoms with Crippen LogP contribution < -0.4 is 24.5 Å². The van der Waals surface area contributed by atoms with E-state index in [0.717, 1.165) is 41.5 Å². The number of primary amides is 1. The normalized spacial score (nSPS) is 11.4. The molecule has 3 rings (SSSR count). The molecule has 0 heterocycles. The van der Waals surface area contributed by atoms with Crippen LogP contribution in [-0.4, -0.2) is 37.0 Å². The van der Waals surface area contributed by atoms with Gasteiger partial charge in [0.05, 0.1) is 21.3 Å². The maximum atomic E-state index is 9.22. The van der Waals surface area contributed by atoms with Crippen LogP contribution in [0.25, 0.3) is 11.1 Å². The Bertz CT molecular complexity index is 883. The molecule has 0 fully saturated rings. The summed E-state index contributed by atoms with van der Waals surface area (Å²) in [5, 5.41) is 0. The van der Waals surface area contributed by atoms with Crippen molar-refractivity contribution in [3.8, 4) is 34.1 Å². The van der Waals surface area contributed by atoms with Crippen LogP contribution in [0.15, 0.2) is 24.3 Å². The third kappa shape index (κ3) is 7.55. The van der Waals surface area contributed by atoms with Crippen molar-refractivity contribution >= 4 is 14.5 Å². The molecule has 0 spiro atoms. The fourth-order valence-corrected chi connectivity index (χ4v) is 3.64. The number of amides is 1. The first-order valence-corrected chi connectivity index (χ1v) is 11.5. The number of rotatable bonds is 5. The summed E-state index contributed by atoms with van der Waals surface area (Å²) in [6, 6.07) is 7.49. The summed E-state index contributed by atoms with van der Waals surface area (Å²) in [4.78, 5) is 27.4. The van der Waals surface area contributed by atoms with E-state index in [9.17, 15) is 4.79 Å². The van der Waals surface area contributed by atoms with Crippen molar-refractivity contribution in [2.75, 3.05) is 21.3 Å². The molecule has 1 aliphatic rings. The molecule has 0 atom stereocenters. The Morgan fingerprint density at radius 2 is 1.56 bits per heavy atom. The lowest BCUT2D eigenvalue weighted by Gasteiger charge is -2.20. The molecule has 0 saturated carbocycles. The zero-order valence-corrected chi connectivity index (χ0v) is 20.5. The van der Waals surface area contributed by atoms with E-state index in [2.05, 4.69) is 19.6 Å². The van der Waals surface area contributed by atoms with Gasteiger partial charge in [-0.3, -0.25) is 4.79 Å². The molecule has 32 heavy (non-hydrogen) atoms. The first kappa shape index (κ1) is 27.5. The van der Waals surface area contributed by atoms with E-state index in [0.29, 0.717) is 23.0 Å². The molecule has 0 unspecified atom stereocenters. The molecular weight excluding hydrogens is 433 g/mol. The van der Waals surface area contributed by atoms with E-state index < -0.39 is 8.60 Å². The first-order valence-electron chi connectivity index (χ1n) is 10.3. The Hall–Kier alpha value is -2.54. The summed E-state index contributed by atoms with van der Waals surface area (Å²) in [7, 11) is 2.38. The van der Waals surface area contributed by atoms with E-state index in [1.165, 1.54) is 13.3 Å². The minimum Gasteiger partial charge on any atom is -0.493 e.